The average Bonchev–Trinajstić information content (AvgIpc) is 3.17. The summed E-state index contributed by atoms with van der Waals surface area (Å²) in [4.78, 5) is 17.4. The van der Waals surface area contributed by atoms with Gasteiger partial charge in [0.05, 0.1) is 6.26 Å². The van der Waals surface area contributed by atoms with Gasteiger partial charge in [-0.3, -0.25) is 9.69 Å². The molecule has 5 heteroatoms. The number of likely N-dealkylation sites (tertiary alicyclic amines) is 1. The number of nitrogens with zero attached hydrogens (tertiary/aromatic N) is 2. The highest BCUT2D eigenvalue weighted by Crippen LogP contribution is 2.37. The molecule has 0 aromatic carbocycles. The summed E-state index contributed by atoms with van der Waals surface area (Å²) in [5, 5.41) is 3.06. The first-order valence-electron chi connectivity index (χ1n) is 9.97. The lowest BCUT2D eigenvalue weighted by Crippen LogP contribution is -2.58. The molecule has 4 fully saturated rings. The number of piperidine rings is 4. The predicted molar refractivity (Wildman–Crippen MR) is 97.5 cm³/mol. The van der Waals surface area contributed by atoms with E-state index in [0.29, 0.717) is 11.8 Å². The maximum atomic E-state index is 12.1. The Morgan fingerprint density at radius 3 is 2.80 bits per heavy atom. The van der Waals surface area contributed by atoms with Crippen LogP contribution in [0.4, 0.5) is 0 Å². The van der Waals surface area contributed by atoms with Gasteiger partial charge < -0.3 is 14.6 Å². The van der Waals surface area contributed by atoms with Crippen LogP contribution >= 0.6 is 0 Å². The van der Waals surface area contributed by atoms with Crippen molar-refractivity contribution in [3.63, 3.8) is 0 Å². The topological polar surface area (TPSA) is 48.7 Å². The van der Waals surface area contributed by atoms with Gasteiger partial charge in [0, 0.05) is 25.7 Å². The van der Waals surface area contributed by atoms with Gasteiger partial charge >= 0.3 is 0 Å². The van der Waals surface area contributed by atoms with Crippen molar-refractivity contribution < 1.29 is 9.21 Å². The second kappa shape index (κ2) is 7.50. The lowest BCUT2D eigenvalue weighted by molar-refractivity contribution is -0.0149. The summed E-state index contributed by atoms with van der Waals surface area (Å²) in [7, 11) is 0. The molecule has 4 aliphatic heterocycles. The summed E-state index contributed by atoms with van der Waals surface area (Å²) in [5.74, 6) is 2.87. The van der Waals surface area contributed by atoms with E-state index in [4.69, 9.17) is 4.42 Å². The van der Waals surface area contributed by atoms with Gasteiger partial charge in [0.1, 0.15) is 0 Å². The molecule has 4 aliphatic rings. The van der Waals surface area contributed by atoms with E-state index < -0.39 is 0 Å². The number of amides is 1. The Balaban J connectivity index is 1.26. The Labute approximate surface area is 150 Å². The van der Waals surface area contributed by atoms with Gasteiger partial charge in [-0.15, -0.1) is 0 Å². The van der Waals surface area contributed by atoms with Gasteiger partial charge in [0.15, 0.2) is 5.76 Å². The first-order chi connectivity index (χ1) is 12.2. The normalized spacial score (nSPS) is 33.5. The summed E-state index contributed by atoms with van der Waals surface area (Å²) in [6.45, 7) is 9.37. The van der Waals surface area contributed by atoms with E-state index in [1.54, 1.807) is 18.4 Å². The predicted octanol–water partition coefficient (Wildman–Crippen LogP) is 2.45. The lowest BCUT2D eigenvalue weighted by atomic mass is 9.75. The molecule has 2 bridgehead atoms. The Kier molecular flexibility index (Phi) is 5.13. The zero-order valence-electron chi connectivity index (χ0n) is 15.3. The Hall–Kier alpha value is -1.33. The average molecular weight is 345 g/mol. The van der Waals surface area contributed by atoms with E-state index in [-0.39, 0.29) is 5.91 Å². The Morgan fingerprint density at radius 2 is 2.12 bits per heavy atom. The van der Waals surface area contributed by atoms with Crippen LogP contribution in [0.5, 0.6) is 0 Å². The standard InChI is InChI=1S/C20H31N3O2/c1-15-4-7-22(8-5-15)13-17-14-23-9-6-16(17)11-18(23)12-21-20(24)19-3-2-10-25-19/h2-3,10,15-18H,4-9,11-14H2,1H3,(H,21,24)/t16-,17+,18+/m0/s1. The molecule has 0 spiro atoms. The maximum absolute atomic E-state index is 12.1. The first-order valence-corrected chi connectivity index (χ1v) is 9.97. The highest BCUT2D eigenvalue weighted by molar-refractivity contribution is 5.91. The minimum Gasteiger partial charge on any atom is -0.459 e. The molecule has 138 valence electrons. The molecule has 0 aliphatic carbocycles. The molecule has 1 aromatic rings. The van der Waals surface area contributed by atoms with E-state index in [1.807, 2.05) is 0 Å². The molecule has 5 nitrogen and oxygen atoms in total. The third-order valence-electron chi connectivity index (χ3n) is 6.63. The van der Waals surface area contributed by atoms with Crippen molar-refractivity contribution in [3.05, 3.63) is 24.2 Å². The summed E-state index contributed by atoms with van der Waals surface area (Å²) < 4.78 is 5.18. The molecule has 5 heterocycles. The van der Waals surface area contributed by atoms with Crippen molar-refractivity contribution in [2.24, 2.45) is 17.8 Å². The number of rotatable bonds is 5. The van der Waals surface area contributed by atoms with E-state index in [9.17, 15) is 4.79 Å². The lowest BCUT2D eigenvalue weighted by Gasteiger charge is -2.51. The fraction of sp³-hybridized carbons (Fsp3) is 0.750. The highest BCUT2D eigenvalue weighted by Gasteiger charge is 2.40. The van der Waals surface area contributed by atoms with Gasteiger partial charge in [-0.1, -0.05) is 6.92 Å². The summed E-state index contributed by atoms with van der Waals surface area (Å²) in [6, 6.07) is 3.97. The van der Waals surface area contributed by atoms with Crippen molar-refractivity contribution in [2.45, 2.75) is 38.6 Å². The van der Waals surface area contributed by atoms with Crippen LogP contribution in [0, 0.1) is 17.8 Å². The van der Waals surface area contributed by atoms with Crippen LogP contribution in [0.25, 0.3) is 0 Å². The summed E-state index contributed by atoms with van der Waals surface area (Å²) in [5.41, 5.74) is 0. The first kappa shape index (κ1) is 17.1. The maximum Gasteiger partial charge on any atom is 0.287 e. The van der Waals surface area contributed by atoms with Crippen LogP contribution in [-0.4, -0.2) is 61.0 Å². The van der Waals surface area contributed by atoms with Crippen LogP contribution in [0.3, 0.4) is 0 Å². The zero-order chi connectivity index (χ0) is 17.2. The molecular formula is C20H31N3O2. The van der Waals surface area contributed by atoms with Crippen molar-refractivity contribution in [2.75, 3.05) is 39.3 Å². The molecule has 5 rings (SSSR count). The number of hydrogen-bond acceptors (Lipinski definition) is 4. The molecule has 1 amide bonds. The second-order valence-electron chi connectivity index (χ2n) is 8.36. The Bertz CT molecular complexity index is 566. The molecule has 25 heavy (non-hydrogen) atoms. The van der Waals surface area contributed by atoms with Gasteiger partial charge in [-0.2, -0.15) is 0 Å². The number of fused-ring (bicyclic) bond motifs is 3. The number of furan rings is 1. The minimum absolute atomic E-state index is 0.0911. The zero-order valence-corrected chi connectivity index (χ0v) is 15.3. The number of nitrogens with one attached hydrogen (secondary N) is 1. The largest absolute Gasteiger partial charge is 0.459 e. The Morgan fingerprint density at radius 1 is 1.28 bits per heavy atom. The minimum atomic E-state index is -0.0911. The van der Waals surface area contributed by atoms with Gasteiger partial charge in [0.2, 0.25) is 0 Å². The number of carbonyl (C=O) groups is 1. The number of hydrogen-bond donors (Lipinski definition) is 1. The molecule has 1 N–H and O–H groups in total. The SMILES string of the molecule is CC1CCN(C[C@@H]2CN3CC[C@H]2C[C@@H]3CNC(=O)c2ccco2)CC1. The monoisotopic (exact) mass is 345 g/mol. The van der Waals surface area contributed by atoms with Crippen molar-refractivity contribution in [1.82, 2.24) is 15.1 Å². The summed E-state index contributed by atoms with van der Waals surface area (Å²) >= 11 is 0. The van der Waals surface area contributed by atoms with E-state index in [1.165, 1.54) is 58.4 Å². The fourth-order valence-corrected chi connectivity index (χ4v) is 4.95. The molecule has 4 atom stereocenters. The summed E-state index contributed by atoms with van der Waals surface area (Å²) in [6.07, 6.45) is 6.84. The van der Waals surface area contributed by atoms with Crippen LogP contribution in [0.1, 0.15) is 43.2 Å². The van der Waals surface area contributed by atoms with Gasteiger partial charge in [0.25, 0.3) is 5.91 Å². The van der Waals surface area contributed by atoms with E-state index >= 15 is 0 Å². The van der Waals surface area contributed by atoms with Gasteiger partial charge in [-0.05, 0) is 75.2 Å². The van der Waals surface area contributed by atoms with E-state index in [2.05, 4.69) is 22.0 Å². The smallest absolute Gasteiger partial charge is 0.287 e. The van der Waals surface area contributed by atoms with Gasteiger partial charge in [-0.25, -0.2) is 0 Å². The molecular weight excluding hydrogens is 314 g/mol. The third-order valence-corrected chi connectivity index (χ3v) is 6.63. The van der Waals surface area contributed by atoms with Crippen LogP contribution in [-0.2, 0) is 0 Å². The molecule has 4 saturated heterocycles. The molecule has 1 aromatic heterocycles. The van der Waals surface area contributed by atoms with E-state index in [0.717, 1.165) is 24.3 Å². The van der Waals surface area contributed by atoms with Crippen molar-refractivity contribution >= 4 is 5.91 Å². The van der Waals surface area contributed by atoms with Crippen molar-refractivity contribution in [1.29, 1.82) is 0 Å². The number of carbonyl (C=O) groups excluding carboxylic acids is 1. The highest BCUT2D eigenvalue weighted by atomic mass is 16.3. The van der Waals surface area contributed by atoms with Crippen LogP contribution in [0.2, 0.25) is 0 Å². The van der Waals surface area contributed by atoms with Crippen LogP contribution < -0.4 is 5.32 Å². The fourth-order valence-electron chi connectivity index (χ4n) is 4.95. The molecule has 0 radical (unpaired) electrons. The quantitative estimate of drug-likeness (QED) is 0.891. The van der Waals surface area contributed by atoms with Crippen LogP contribution in [0.15, 0.2) is 22.8 Å². The second-order valence-corrected chi connectivity index (χ2v) is 8.36. The third kappa shape index (κ3) is 3.93. The molecule has 1 unspecified atom stereocenters. The van der Waals surface area contributed by atoms with Crippen molar-refractivity contribution in [3.8, 4) is 0 Å². The molecule has 0 saturated carbocycles.